The maximum Gasteiger partial charge on any atom is 0.358 e. The molecule has 4 rings (SSSR count). The molecule has 2 aromatic carbocycles. The monoisotopic (exact) mass is 436 g/mol. The number of esters is 1. The Morgan fingerprint density at radius 1 is 1.06 bits per heavy atom. The van der Waals surface area contributed by atoms with Crippen molar-refractivity contribution in [1.82, 2.24) is 14.8 Å². The van der Waals surface area contributed by atoms with Gasteiger partial charge in [0.1, 0.15) is 11.5 Å². The Labute approximate surface area is 181 Å². The van der Waals surface area contributed by atoms with Crippen molar-refractivity contribution in [2.24, 2.45) is 7.05 Å². The molecule has 0 aliphatic rings. The number of aromatic nitrogens is 3. The number of hydrogen-bond acceptors (Lipinski definition) is 6. The van der Waals surface area contributed by atoms with Crippen LogP contribution in [0.15, 0.2) is 60.7 Å². The fourth-order valence-electron chi connectivity index (χ4n) is 3.00. The molecule has 0 saturated heterocycles. The molecule has 2 aromatic heterocycles. The zero-order valence-corrected chi connectivity index (χ0v) is 17.4. The number of thiazole rings is 1. The average molecular weight is 436 g/mol. The van der Waals surface area contributed by atoms with Gasteiger partial charge in [-0.15, -0.1) is 0 Å². The standard InChI is InChI=1S/C22H17FN4O3S/c1-27-17(12-16(26-27)13-6-4-3-5-7-13)20(28)25-22-24-18(21(29)30-2)19(31-22)14-8-10-15(23)11-9-14/h3-12H,1-2H3,(H,24,25,28). The van der Waals surface area contributed by atoms with Crippen LogP contribution in [-0.2, 0) is 11.8 Å². The van der Waals surface area contributed by atoms with E-state index in [0.717, 1.165) is 16.9 Å². The van der Waals surface area contributed by atoms with E-state index in [4.69, 9.17) is 4.74 Å². The first-order chi connectivity index (χ1) is 15.0. The van der Waals surface area contributed by atoms with Crippen molar-refractivity contribution in [1.29, 1.82) is 0 Å². The predicted molar refractivity (Wildman–Crippen MR) is 115 cm³/mol. The summed E-state index contributed by atoms with van der Waals surface area (Å²) in [6.07, 6.45) is 0. The topological polar surface area (TPSA) is 86.1 Å². The van der Waals surface area contributed by atoms with Gasteiger partial charge >= 0.3 is 5.97 Å². The van der Waals surface area contributed by atoms with Gasteiger partial charge in [0.25, 0.3) is 5.91 Å². The second-order valence-corrected chi connectivity index (χ2v) is 7.55. The van der Waals surface area contributed by atoms with Crippen molar-refractivity contribution in [3.05, 3.63) is 77.9 Å². The van der Waals surface area contributed by atoms with Crippen molar-refractivity contribution < 1.29 is 18.7 Å². The van der Waals surface area contributed by atoms with Gasteiger partial charge in [-0.2, -0.15) is 5.10 Å². The number of aryl methyl sites for hydroxylation is 1. The molecule has 0 saturated carbocycles. The number of anilines is 1. The molecule has 156 valence electrons. The second-order valence-electron chi connectivity index (χ2n) is 6.55. The first-order valence-electron chi connectivity index (χ1n) is 9.22. The molecule has 0 aliphatic carbocycles. The maximum absolute atomic E-state index is 13.3. The minimum atomic E-state index is -0.650. The van der Waals surface area contributed by atoms with E-state index in [2.05, 4.69) is 15.4 Å². The fraction of sp³-hybridized carbons (Fsp3) is 0.0909. The van der Waals surface area contributed by atoms with Gasteiger partial charge in [0.15, 0.2) is 10.8 Å². The summed E-state index contributed by atoms with van der Waals surface area (Å²) in [7, 11) is 2.92. The number of nitrogens with one attached hydrogen (secondary N) is 1. The fourth-order valence-corrected chi connectivity index (χ4v) is 3.95. The van der Waals surface area contributed by atoms with Gasteiger partial charge < -0.3 is 4.74 Å². The van der Waals surface area contributed by atoms with Crippen LogP contribution < -0.4 is 5.32 Å². The third kappa shape index (κ3) is 4.22. The molecule has 0 fully saturated rings. The van der Waals surface area contributed by atoms with Crippen LogP contribution in [0, 0.1) is 5.82 Å². The van der Waals surface area contributed by atoms with Crippen molar-refractivity contribution in [2.75, 3.05) is 12.4 Å². The highest BCUT2D eigenvalue weighted by Gasteiger charge is 2.22. The van der Waals surface area contributed by atoms with Crippen LogP contribution >= 0.6 is 11.3 Å². The molecule has 7 nitrogen and oxygen atoms in total. The van der Waals surface area contributed by atoms with Crippen molar-refractivity contribution in [3.8, 4) is 21.7 Å². The molecule has 0 aliphatic heterocycles. The van der Waals surface area contributed by atoms with Crippen molar-refractivity contribution in [3.63, 3.8) is 0 Å². The minimum Gasteiger partial charge on any atom is -0.464 e. The molecule has 0 atom stereocenters. The Morgan fingerprint density at radius 2 is 1.77 bits per heavy atom. The normalized spacial score (nSPS) is 10.7. The summed E-state index contributed by atoms with van der Waals surface area (Å²) in [5, 5.41) is 7.32. The Bertz CT molecular complexity index is 1250. The minimum absolute atomic E-state index is 0.0457. The molecule has 1 amide bonds. The molecule has 0 radical (unpaired) electrons. The van der Waals surface area contributed by atoms with Crippen LogP contribution in [0.25, 0.3) is 21.7 Å². The van der Waals surface area contributed by atoms with Gasteiger partial charge in [-0.3, -0.25) is 14.8 Å². The maximum atomic E-state index is 13.3. The zero-order valence-electron chi connectivity index (χ0n) is 16.6. The molecule has 9 heteroatoms. The highest BCUT2D eigenvalue weighted by atomic mass is 32.1. The first kappa shape index (κ1) is 20.4. The van der Waals surface area contributed by atoms with Crippen LogP contribution in [0.5, 0.6) is 0 Å². The Balaban J connectivity index is 1.64. The van der Waals surface area contributed by atoms with Crippen LogP contribution in [0.4, 0.5) is 9.52 Å². The van der Waals surface area contributed by atoms with Gasteiger partial charge in [-0.05, 0) is 23.8 Å². The number of methoxy groups -OCH3 is 1. The SMILES string of the molecule is COC(=O)c1nc(NC(=O)c2cc(-c3ccccc3)nn2C)sc1-c1ccc(F)cc1. The number of rotatable bonds is 5. The van der Waals surface area contributed by atoms with Crippen LogP contribution in [-0.4, -0.2) is 33.8 Å². The smallest absolute Gasteiger partial charge is 0.358 e. The summed E-state index contributed by atoms with van der Waals surface area (Å²) in [6.45, 7) is 0. The summed E-state index contributed by atoms with van der Waals surface area (Å²) in [6, 6.07) is 16.8. The molecule has 1 N–H and O–H groups in total. The summed E-state index contributed by atoms with van der Waals surface area (Å²) >= 11 is 1.10. The van der Waals surface area contributed by atoms with Gasteiger partial charge in [0, 0.05) is 12.6 Å². The number of benzene rings is 2. The molecule has 0 spiro atoms. The van der Waals surface area contributed by atoms with E-state index in [1.54, 1.807) is 13.1 Å². The number of hydrogen-bond donors (Lipinski definition) is 1. The zero-order chi connectivity index (χ0) is 22.0. The quantitative estimate of drug-likeness (QED) is 0.469. The third-order valence-corrected chi connectivity index (χ3v) is 5.53. The van der Waals surface area contributed by atoms with Gasteiger partial charge in [0.2, 0.25) is 0 Å². The van der Waals surface area contributed by atoms with E-state index in [-0.39, 0.29) is 10.8 Å². The number of amides is 1. The van der Waals surface area contributed by atoms with Crippen LogP contribution in [0.3, 0.4) is 0 Å². The lowest BCUT2D eigenvalue weighted by Gasteiger charge is -2.01. The predicted octanol–water partition coefficient (Wildman–Crippen LogP) is 4.39. The lowest BCUT2D eigenvalue weighted by molar-refractivity contribution is 0.0595. The van der Waals surface area contributed by atoms with Gasteiger partial charge in [0.05, 0.1) is 17.7 Å². The molecule has 2 heterocycles. The number of halogens is 1. The summed E-state index contributed by atoms with van der Waals surface area (Å²) in [5.74, 6) is -1.47. The van der Waals surface area contributed by atoms with E-state index in [0.29, 0.717) is 21.8 Å². The molecular formula is C22H17FN4O3S. The first-order valence-corrected chi connectivity index (χ1v) is 10.0. The Kier molecular flexibility index (Phi) is 5.59. The van der Waals surface area contributed by atoms with Gasteiger partial charge in [-0.1, -0.05) is 53.8 Å². The van der Waals surface area contributed by atoms with Gasteiger partial charge in [-0.25, -0.2) is 14.2 Å². The molecule has 0 unspecified atom stereocenters. The van der Waals surface area contributed by atoms with E-state index in [9.17, 15) is 14.0 Å². The van der Waals surface area contributed by atoms with Crippen LogP contribution in [0.2, 0.25) is 0 Å². The van der Waals surface area contributed by atoms with E-state index in [1.807, 2.05) is 30.3 Å². The third-order valence-electron chi connectivity index (χ3n) is 4.51. The summed E-state index contributed by atoms with van der Waals surface area (Å²) in [5.41, 5.74) is 2.51. The summed E-state index contributed by atoms with van der Waals surface area (Å²) < 4.78 is 19.6. The molecular weight excluding hydrogens is 419 g/mol. The highest BCUT2D eigenvalue weighted by molar-refractivity contribution is 7.19. The number of ether oxygens (including phenoxy) is 1. The highest BCUT2D eigenvalue weighted by Crippen LogP contribution is 2.34. The number of carbonyl (C=O) groups is 2. The second kappa shape index (κ2) is 8.49. The number of nitrogens with zero attached hydrogens (tertiary/aromatic N) is 3. The molecule has 0 bridgehead atoms. The molecule has 4 aromatic rings. The van der Waals surface area contributed by atoms with Crippen molar-refractivity contribution >= 4 is 28.3 Å². The Morgan fingerprint density at radius 3 is 2.45 bits per heavy atom. The summed E-state index contributed by atoms with van der Waals surface area (Å²) in [4.78, 5) is 29.7. The van der Waals surface area contributed by atoms with Crippen LogP contribution in [0.1, 0.15) is 21.0 Å². The van der Waals surface area contributed by atoms with E-state index >= 15 is 0 Å². The van der Waals surface area contributed by atoms with E-state index in [1.165, 1.54) is 36.1 Å². The Hall–Kier alpha value is -3.85. The largest absolute Gasteiger partial charge is 0.464 e. The lowest BCUT2D eigenvalue weighted by atomic mass is 10.1. The number of carbonyl (C=O) groups excluding carboxylic acids is 2. The van der Waals surface area contributed by atoms with E-state index < -0.39 is 17.7 Å². The van der Waals surface area contributed by atoms with Crippen molar-refractivity contribution in [2.45, 2.75) is 0 Å². The molecule has 31 heavy (non-hydrogen) atoms. The lowest BCUT2D eigenvalue weighted by Crippen LogP contribution is -2.16. The average Bonchev–Trinajstić information content (AvgIpc) is 3.38.